The second kappa shape index (κ2) is 10.5. The first kappa shape index (κ1) is 26.3. The van der Waals surface area contributed by atoms with Gasteiger partial charge < -0.3 is 9.84 Å². The molecule has 2 saturated heterocycles. The minimum Gasteiger partial charge on any atom is -0.490 e. The van der Waals surface area contributed by atoms with E-state index in [0.29, 0.717) is 24.1 Å². The molecule has 3 aliphatic rings. The molecule has 1 N–H and O–H groups in total. The van der Waals surface area contributed by atoms with Crippen LogP contribution in [-0.2, 0) is 11.0 Å². The summed E-state index contributed by atoms with van der Waals surface area (Å²) in [4.78, 5) is 14.2. The number of hydrogen-bond acceptors (Lipinski definition) is 3. The molecule has 5 rings (SSSR count). The number of rotatable bonds is 6. The molecule has 1 saturated carbocycles. The highest BCUT2D eigenvalue weighted by atomic mass is 19.4. The molecule has 37 heavy (non-hydrogen) atoms. The standard InChI is InChI=1S/C30H38F3NO3/c1-3-26(34-22-5-4-6-23(34)17-21(16-22)29(35)36)20-9-13-25-19(15-20)10-14-27(28(25)30(31,32)33)37-24-11-7-18(2)8-12-24/h9-10,13-15,18,21-24,26H,3-8,11-12,16-17H2,1-2H3,(H,35,36). The minimum atomic E-state index is -4.52. The lowest BCUT2D eigenvalue weighted by molar-refractivity contribution is -0.147. The molecule has 0 amide bonds. The third-order valence-electron chi connectivity index (χ3n) is 9.06. The normalized spacial score (nSPS) is 29.7. The van der Waals surface area contributed by atoms with Crippen molar-refractivity contribution in [1.82, 2.24) is 4.90 Å². The van der Waals surface area contributed by atoms with Gasteiger partial charge in [0.15, 0.2) is 0 Å². The highest BCUT2D eigenvalue weighted by Crippen LogP contribution is 2.46. The van der Waals surface area contributed by atoms with Gasteiger partial charge in [-0.3, -0.25) is 9.69 Å². The van der Waals surface area contributed by atoms with Crippen LogP contribution in [0.25, 0.3) is 10.8 Å². The average Bonchev–Trinajstić information content (AvgIpc) is 2.84. The highest BCUT2D eigenvalue weighted by Gasteiger charge is 2.44. The van der Waals surface area contributed by atoms with Crippen LogP contribution in [0.1, 0.15) is 95.2 Å². The van der Waals surface area contributed by atoms with Gasteiger partial charge in [0.05, 0.1) is 12.0 Å². The smallest absolute Gasteiger partial charge is 0.420 e. The maximum absolute atomic E-state index is 14.3. The molecule has 2 aliphatic heterocycles. The van der Waals surface area contributed by atoms with Gasteiger partial charge in [0.2, 0.25) is 0 Å². The fraction of sp³-hybridized carbons (Fsp3) is 0.633. The fourth-order valence-corrected chi connectivity index (χ4v) is 7.20. The highest BCUT2D eigenvalue weighted by molar-refractivity contribution is 5.89. The van der Waals surface area contributed by atoms with E-state index in [1.807, 2.05) is 12.1 Å². The van der Waals surface area contributed by atoms with Crippen molar-refractivity contribution >= 4 is 16.7 Å². The first-order valence-corrected chi connectivity index (χ1v) is 14.0. The number of carboxylic acid groups (broad SMARTS) is 1. The third-order valence-corrected chi connectivity index (χ3v) is 9.06. The summed E-state index contributed by atoms with van der Waals surface area (Å²) in [5, 5.41) is 10.4. The lowest BCUT2D eigenvalue weighted by Gasteiger charge is -2.51. The van der Waals surface area contributed by atoms with Crippen molar-refractivity contribution in [2.45, 2.75) is 108 Å². The molecule has 1 aliphatic carbocycles. The summed E-state index contributed by atoms with van der Waals surface area (Å²) < 4.78 is 49.0. The van der Waals surface area contributed by atoms with E-state index in [9.17, 15) is 23.1 Å². The summed E-state index contributed by atoms with van der Waals surface area (Å²) in [6.45, 7) is 4.28. The van der Waals surface area contributed by atoms with E-state index >= 15 is 0 Å². The Hall–Kier alpha value is -2.28. The predicted molar refractivity (Wildman–Crippen MR) is 138 cm³/mol. The van der Waals surface area contributed by atoms with Crippen molar-refractivity contribution in [3.05, 3.63) is 41.5 Å². The van der Waals surface area contributed by atoms with Crippen LogP contribution in [0.15, 0.2) is 30.3 Å². The van der Waals surface area contributed by atoms with Crippen molar-refractivity contribution in [3.8, 4) is 5.75 Å². The molecule has 2 aromatic rings. The molecule has 3 unspecified atom stereocenters. The maximum atomic E-state index is 14.3. The SMILES string of the molecule is CCC(c1ccc2c(C(F)(F)F)c(OC3CCC(C)CC3)ccc2c1)N1C2CCCC1CC(C(=O)O)C2. The lowest BCUT2D eigenvalue weighted by atomic mass is 9.76. The molecule has 3 fully saturated rings. The monoisotopic (exact) mass is 517 g/mol. The summed E-state index contributed by atoms with van der Waals surface area (Å²) in [5.74, 6) is -0.487. The summed E-state index contributed by atoms with van der Waals surface area (Å²) in [5.41, 5.74) is 0.325. The Morgan fingerprint density at radius 3 is 2.32 bits per heavy atom. The number of ether oxygens (including phenoxy) is 1. The number of aliphatic carboxylic acids is 1. The summed E-state index contributed by atoms with van der Waals surface area (Å²) in [6, 6.07) is 9.10. The molecular formula is C30H38F3NO3. The molecule has 0 radical (unpaired) electrons. The van der Waals surface area contributed by atoms with Gasteiger partial charge >= 0.3 is 12.1 Å². The third kappa shape index (κ3) is 5.34. The fourth-order valence-electron chi connectivity index (χ4n) is 7.20. The summed E-state index contributed by atoms with van der Waals surface area (Å²) in [6.07, 6.45) is 4.01. The zero-order valence-corrected chi connectivity index (χ0v) is 21.8. The van der Waals surface area contributed by atoms with Crippen LogP contribution in [0.3, 0.4) is 0 Å². The zero-order valence-electron chi connectivity index (χ0n) is 21.8. The largest absolute Gasteiger partial charge is 0.490 e. The van der Waals surface area contributed by atoms with Gasteiger partial charge in [0.1, 0.15) is 11.3 Å². The van der Waals surface area contributed by atoms with Crippen molar-refractivity contribution < 1.29 is 27.8 Å². The van der Waals surface area contributed by atoms with Gasteiger partial charge in [0, 0.05) is 18.1 Å². The molecule has 7 heteroatoms. The number of benzene rings is 2. The predicted octanol–water partition coefficient (Wildman–Crippen LogP) is 7.98. The van der Waals surface area contributed by atoms with Crippen LogP contribution < -0.4 is 4.74 Å². The van der Waals surface area contributed by atoms with Crippen LogP contribution in [0.5, 0.6) is 5.75 Å². The lowest BCUT2D eigenvalue weighted by Crippen LogP contribution is -2.54. The van der Waals surface area contributed by atoms with E-state index in [0.717, 1.165) is 56.9 Å². The molecule has 3 atom stereocenters. The van der Waals surface area contributed by atoms with Gasteiger partial charge in [-0.1, -0.05) is 38.5 Å². The van der Waals surface area contributed by atoms with E-state index in [4.69, 9.17) is 4.74 Å². The van der Waals surface area contributed by atoms with Crippen LogP contribution in [0, 0.1) is 11.8 Å². The number of halogens is 3. The van der Waals surface area contributed by atoms with Gasteiger partial charge in [0.25, 0.3) is 0 Å². The Labute approximate surface area is 217 Å². The maximum Gasteiger partial charge on any atom is 0.420 e. The quantitative estimate of drug-likeness (QED) is 0.422. The second-order valence-corrected chi connectivity index (χ2v) is 11.5. The zero-order chi connectivity index (χ0) is 26.3. The number of carboxylic acids is 1. The van der Waals surface area contributed by atoms with Crippen molar-refractivity contribution in [2.75, 3.05) is 0 Å². The van der Waals surface area contributed by atoms with Crippen LogP contribution >= 0.6 is 0 Å². The number of fused-ring (bicyclic) bond motifs is 3. The molecule has 2 aromatic carbocycles. The second-order valence-electron chi connectivity index (χ2n) is 11.5. The summed E-state index contributed by atoms with van der Waals surface area (Å²) in [7, 11) is 0. The summed E-state index contributed by atoms with van der Waals surface area (Å²) >= 11 is 0. The van der Waals surface area contributed by atoms with Gasteiger partial charge in [-0.2, -0.15) is 13.2 Å². The Balaban J connectivity index is 1.46. The van der Waals surface area contributed by atoms with Crippen LogP contribution in [0.4, 0.5) is 13.2 Å². The van der Waals surface area contributed by atoms with E-state index in [2.05, 4.69) is 18.7 Å². The number of carbonyl (C=O) groups is 1. The Morgan fingerprint density at radius 1 is 1.05 bits per heavy atom. The van der Waals surface area contributed by atoms with Gasteiger partial charge in [-0.25, -0.2) is 0 Å². The van der Waals surface area contributed by atoms with E-state index in [-0.39, 0.29) is 41.3 Å². The topological polar surface area (TPSA) is 49.8 Å². The number of hydrogen-bond donors (Lipinski definition) is 1. The first-order chi connectivity index (χ1) is 17.7. The van der Waals surface area contributed by atoms with E-state index in [1.165, 1.54) is 6.07 Å². The van der Waals surface area contributed by atoms with Crippen LogP contribution in [0.2, 0.25) is 0 Å². The molecule has 2 bridgehead atoms. The Morgan fingerprint density at radius 2 is 1.73 bits per heavy atom. The molecular weight excluding hydrogens is 479 g/mol. The minimum absolute atomic E-state index is 0.0592. The van der Waals surface area contributed by atoms with E-state index < -0.39 is 17.7 Å². The van der Waals surface area contributed by atoms with E-state index in [1.54, 1.807) is 12.1 Å². The van der Waals surface area contributed by atoms with Crippen molar-refractivity contribution in [1.29, 1.82) is 0 Å². The average molecular weight is 518 g/mol. The molecule has 4 nitrogen and oxygen atoms in total. The van der Waals surface area contributed by atoms with Crippen molar-refractivity contribution in [3.63, 3.8) is 0 Å². The molecule has 0 spiro atoms. The number of nitrogens with zero attached hydrogens (tertiary/aromatic N) is 1. The van der Waals surface area contributed by atoms with Gasteiger partial charge in [-0.15, -0.1) is 0 Å². The van der Waals surface area contributed by atoms with Gasteiger partial charge in [-0.05, 0) is 92.2 Å². The number of piperidine rings is 2. The van der Waals surface area contributed by atoms with Crippen molar-refractivity contribution in [2.24, 2.45) is 11.8 Å². The molecule has 2 heterocycles. The molecule has 202 valence electrons. The first-order valence-electron chi connectivity index (χ1n) is 14.0. The number of alkyl halides is 3. The Bertz CT molecular complexity index is 1110. The van der Waals surface area contributed by atoms with Crippen LogP contribution in [-0.4, -0.2) is 34.2 Å². The Kier molecular flexibility index (Phi) is 7.45. The molecule has 0 aromatic heterocycles.